The summed E-state index contributed by atoms with van der Waals surface area (Å²) in [6.45, 7) is 0.166. The van der Waals surface area contributed by atoms with Crippen LogP contribution in [0.15, 0.2) is 0 Å². The van der Waals surface area contributed by atoms with Crippen LogP contribution >= 0.6 is 0 Å². The molecule has 0 amide bonds. The molecule has 0 fully saturated rings. The van der Waals surface area contributed by atoms with Crippen LogP contribution in [0.1, 0.15) is 6.42 Å². The van der Waals surface area contributed by atoms with E-state index < -0.39 is 23.4 Å². The molecule has 1 unspecified atom stereocenters. The molecule has 0 radical (unpaired) electrons. The van der Waals surface area contributed by atoms with Gasteiger partial charge in [0.1, 0.15) is 6.04 Å². The molecule has 0 aliphatic rings. The van der Waals surface area contributed by atoms with Crippen LogP contribution in [-0.4, -0.2) is 44.5 Å². The summed E-state index contributed by atoms with van der Waals surface area (Å²) in [7, 11) is 1.41. The van der Waals surface area contributed by atoms with Gasteiger partial charge in [-0.25, -0.2) is 0 Å². The van der Waals surface area contributed by atoms with E-state index in [1.165, 1.54) is 7.05 Å². The number of hydroxylamine groups is 2. The van der Waals surface area contributed by atoms with Crippen molar-refractivity contribution >= 4 is 17.3 Å². The molecule has 0 aliphatic carbocycles. The Bertz CT molecular complexity index is 199. The quantitative estimate of drug-likeness (QED) is 0.374. The number of aliphatic carboxylic acids is 1. The largest absolute Gasteiger partial charge is 0.480 e. The van der Waals surface area contributed by atoms with Gasteiger partial charge >= 0.3 is 17.3 Å². The second-order valence-electron chi connectivity index (χ2n) is 2.38. The molecule has 0 rings (SSSR count). The molecule has 7 nitrogen and oxygen atoms in total. The van der Waals surface area contributed by atoms with E-state index in [1.807, 2.05) is 0 Å². The molecule has 0 bridgehead atoms. The Balaban J connectivity index is 3.63. The third-order valence-electron chi connectivity index (χ3n) is 1.26. The van der Waals surface area contributed by atoms with Gasteiger partial charge in [0.2, 0.25) is 0 Å². The highest BCUT2D eigenvalue weighted by atomic mass is 32.2. The van der Waals surface area contributed by atoms with Crippen molar-refractivity contribution in [1.82, 2.24) is 5.06 Å². The van der Waals surface area contributed by atoms with Crippen LogP contribution in [0.2, 0.25) is 0 Å². The summed E-state index contributed by atoms with van der Waals surface area (Å²) in [5.74, 6) is -1.11. The van der Waals surface area contributed by atoms with Crippen LogP contribution in [0.5, 0.6) is 0 Å². The number of carbonyl (C=O) groups is 1. The first-order valence-corrected chi connectivity index (χ1v) is 4.45. The summed E-state index contributed by atoms with van der Waals surface area (Å²) in [6.07, 6.45) is 0.142. The Labute approximate surface area is 77.9 Å². The van der Waals surface area contributed by atoms with Gasteiger partial charge in [-0.1, -0.05) is 0 Å². The standard InChI is InChI=1S/C5H12N2O5S/c1-7(12-13(10)11)3-2-4(6)5(8)9/h4H,2-3,6H2,1H3,(H,8,9)(H,10,11)/t4-/m0/s1. The lowest BCUT2D eigenvalue weighted by atomic mass is 10.2. The summed E-state index contributed by atoms with van der Waals surface area (Å²) in [6, 6.07) is -0.988. The van der Waals surface area contributed by atoms with Crippen LogP contribution in [0.3, 0.4) is 0 Å². The normalized spacial score (nSPS) is 15.7. The van der Waals surface area contributed by atoms with Gasteiger partial charge in [-0.05, 0) is 6.42 Å². The number of hydrogen-bond donors (Lipinski definition) is 3. The predicted molar refractivity (Wildman–Crippen MR) is 44.7 cm³/mol. The van der Waals surface area contributed by atoms with Gasteiger partial charge in [0.25, 0.3) is 0 Å². The minimum Gasteiger partial charge on any atom is -0.480 e. The van der Waals surface area contributed by atoms with E-state index in [0.717, 1.165) is 5.06 Å². The van der Waals surface area contributed by atoms with Gasteiger partial charge in [0.15, 0.2) is 0 Å². The van der Waals surface area contributed by atoms with E-state index in [9.17, 15) is 9.00 Å². The SMILES string of the molecule is CN(CC[C@H](N)C(=O)O)OS(=O)O. The maximum atomic E-state index is 10.2. The first kappa shape index (κ1) is 12.5. The minimum atomic E-state index is -2.38. The molecule has 0 spiro atoms. The van der Waals surface area contributed by atoms with Crippen molar-refractivity contribution in [3.8, 4) is 0 Å². The van der Waals surface area contributed by atoms with E-state index >= 15 is 0 Å². The number of rotatable bonds is 6. The van der Waals surface area contributed by atoms with Gasteiger partial charge in [-0.2, -0.15) is 13.6 Å². The van der Waals surface area contributed by atoms with Crippen LogP contribution in [0, 0.1) is 0 Å². The summed E-state index contributed by atoms with van der Waals surface area (Å²) in [5, 5.41) is 9.44. The molecule has 13 heavy (non-hydrogen) atoms. The molecule has 0 saturated carbocycles. The second-order valence-corrected chi connectivity index (χ2v) is 2.96. The highest BCUT2D eigenvalue weighted by Gasteiger charge is 2.12. The first-order valence-electron chi connectivity index (χ1n) is 3.42. The summed E-state index contributed by atoms with van der Waals surface area (Å²) in [5.41, 5.74) is 5.18. The lowest BCUT2D eigenvalue weighted by Gasteiger charge is -2.13. The van der Waals surface area contributed by atoms with Gasteiger partial charge < -0.3 is 10.8 Å². The Kier molecular flexibility index (Phi) is 5.75. The summed E-state index contributed by atoms with van der Waals surface area (Å²) < 4.78 is 22.6. The molecule has 0 saturated heterocycles. The predicted octanol–water partition coefficient (Wildman–Crippen LogP) is -1.21. The van der Waals surface area contributed by atoms with Gasteiger partial charge in [0, 0.05) is 13.6 Å². The zero-order valence-corrected chi connectivity index (χ0v) is 7.86. The molecule has 0 aromatic rings. The molecule has 0 heterocycles. The summed E-state index contributed by atoms with van der Waals surface area (Å²) >= 11 is -2.38. The van der Waals surface area contributed by atoms with Crippen molar-refractivity contribution in [2.45, 2.75) is 12.5 Å². The van der Waals surface area contributed by atoms with Crippen molar-refractivity contribution in [1.29, 1.82) is 0 Å². The van der Waals surface area contributed by atoms with E-state index in [-0.39, 0.29) is 13.0 Å². The number of carboxylic acid groups (broad SMARTS) is 1. The highest BCUT2D eigenvalue weighted by molar-refractivity contribution is 7.74. The molecular weight excluding hydrogens is 200 g/mol. The fraction of sp³-hybridized carbons (Fsp3) is 0.800. The fourth-order valence-corrected chi connectivity index (χ4v) is 0.883. The minimum absolute atomic E-state index is 0.142. The molecular formula is C5H12N2O5S. The monoisotopic (exact) mass is 212 g/mol. The third kappa shape index (κ3) is 6.61. The molecule has 4 N–H and O–H groups in total. The Morgan fingerprint density at radius 1 is 1.77 bits per heavy atom. The van der Waals surface area contributed by atoms with Crippen LogP contribution in [-0.2, 0) is 20.4 Å². The number of carboxylic acids is 1. The molecule has 78 valence electrons. The molecule has 2 atom stereocenters. The zero-order valence-electron chi connectivity index (χ0n) is 7.04. The Morgan fingerprint density at radius 3 is 2.69 bits per heavy atom. The maximum Gasteiger partial charge on any atom is 0.320 e. The van der Waals surface area contributed by atoms with Crippen molar-refractivity contribution in [3.63, 3.8) is 0 Å². The molecule has 8 heteroatoms. The fourth-order valence-electron chi connectivity index (χ4n) is 0.590. The van der Waals surface area contributed by atoms with Crippen LogP contribution in [0.25, 0.3) is 0 Å². The lowest BCUT2D eigenvalue weighted by molar-refractivity contribution is -0.139. The first-order chi connectivity index (χ1) is 5.93. The molecule has 0 aromatic heterocycles. The highest BCUT2D eigenvalue weighted by Crippen LogP contribution is 1.94. The smallest absolute Gasteiger partial charge is 0.320 e. The van der Waals surface area contributed by atoms with Gasteiger partial charge in [-0.15, -0.1) is 0 Å². The topological polar surface area (TPSA) is 113 Å². The number of nitrogens with two attached hydrogens (primary N) is 1. The zero-order chi connectivity index (χ0) is 10.4. The van der Waals surface area contributed by atoms with E-state index in [4.69, 9.17) is 15.4 Å². The number of nitrogens with zero attached hydrogens (tertiary/aromatic N) is 1. The molecule has 0 aliphatic heterocycles. The van der Waals surface area contributed by atoms with Crippen molar-refractivity contribution in [2.75, 3.05) is 13.6 Å². The lowest BCUT2D eigenvalue weighted by Crippen LogP contribution is -2.34. The van der Waals surface area contributed by atoms with Gasteiger partial charge in [-0.3, -0.25) is 9.35 Å². The van der Waals surface area contributed by atoms with Crippen molar-refractivity contribution in [2.24, 2.45) is 5.73 Å². The maximum absolute atomic E-state index is 10.2. The van der Waals surface area contributed by atoms with E-state index in [1.54, 1.807) is 0 Å². The average Bonchev–Trinajstić information content (AvgIpc) is 1.98. The van der Waals surface area contributed by atoms with Crippen LogP contribution in [0.4, 0.5) is 0 Å². The van der Waals surface area contributed by atoms with Crippen molar-refractivity contribution < 1.29 is 22.9 Å². The van der Waals surface area contributed by atoms with Gasteiger partial charge in [0.05, 0.1) is 0 Å². The van der Waals surface area contributed by atoms with Crippen molar-refractivity contribution in [3.05, 3.63) is 0 Å². The number of hydrogen-bond acceptors (Lipinski definition) is 5. The Hall–Kier alpha value is -0.540. The summed E-state index contributed by atoms with van der Waals surface area (Å²) in [4.78, 5) is 10.2. The second kappa shape index (κ2) is 6.00. The van der Waals surface area contributed by atoms with Crippen LogP contribution < -0.4 is 5.73 Å². The molecule has 0 aromatic carbocycles. The third-order valence-corrected chi connectivity index (χ3v) is 1.65. The van der Waals surface area contributed by atoms with E-state index in [2.05, 4.69) is 4.28 Å². The van der Waals surface area contributed by atoms with E-state index in [0.29, 0.717) is 0 Å². The Morgan fingerprint density at radius 2 is 2.31 bits per heavy atom. The average molecular weight is 212 g/mol.